The number of hydrogen-bond acceptors (Lipinski definition) is 2. The predicted octanol–water partition coefficient (Wildman–Crippen LogP) is 4.04. The van der Waals surface area contributed by atoms with Crippen molar-refractivity contribution < 1.29 is 18.3 Å². The minimum Gasteiger partial charge on any atom is -0.489 e. The zero-order chi connectivity index (χ0) is 17.5. The van der Waals surface area contributed by atoms with Gasteiger partial charge in [-0.15, -0.1) is 0 Å². The number of rotatable bonds is 6. The number of anilines is 1. The highest BCUT2D eigenvalue weighted by Gasteiger charge is 2.08. The minimum absolute atomic E-state index is 0.0502. The van der Waals surface area contributed by atoms with Crippen LogP contribution in [0.2, 0.25) is 0 Å². The number of aryl methyl sites for hydroxylation is 2. The number of benzene rings is 2. The van der Waals surface area contributed by atoms with E-state index in [1.807, 2.05) is 32.0 Å². The van der Waals surface area contributed by atoms with Gasteiger partial charge in [0.25, 0.3) is 0 Å². The van der Waals surface area contributed by atoms with Crippen LogP contribution in [-0.4, -0.2) is 19.2 Å². The highest BCUT2D eigenvalue weighted by molar-refractivity contribution is 5.91. The molecule has 2 N–H and O–H groups in total. The number of para-hydroxylation sites is 1. The average Bonchev–Trinajstić information content (AvgIpc) is 2.55. The zero-order valence-electron chi connectivity index (χ0n) is 13.7. The highest BCUT2D eigenvalue weighted by Crippen LogP contribution is 2.21. The van der Waals surface area contributed by atoms with Gasteiger partial charge in [0, 0.05) is 11.8 Å². The Kier molecular flexibility index (Phi) is 6.12. The summed E-state index contributed by atoms with van der Waals surface area (Å²) in [4.78, 5) is 12.0. The Balaban J connectivity index is 1.82. The van der Waals surface area contributed by atoms with Crippen LogP contribution in [0.5, 0.6) is 5.75 Å². The van der Waals surface area contributed by atoms with E-state index in [4.69, 9.17) is 4.74 Å². The molecule has 0 aliphatic rings. The number of carbonyl (C=O) groups is 1. The van der Waals surface area contributed by atoms with Crippen molar-refractivity contribution in [2.24, 2.45) is 0 Å². The lowest BCUT2D eigenvalue weighted by molar-refractivity contribution is 0.246. The van der Waals surface area contributed by atoms with Gasteiger partial charge in [0.2, 0.25) is 0 Å². The van der Waals surface area contributed by atoms with E-state index in [1.54, 1.807) is 0 Å². The first-order valence-electron chi connectivity index (χ1n) is 7.72. The molecule has 0 bridgehead atoms. The maximum atomic E-state index is 13.4. The van der Waals surface area contributed by atoms with Crippen molar-refractivity contribution >= 4 is 11.7 Å². The van der Waals surface area contributed by atoms with E-state index >= 15 is 0 Å². The first-order chi connectivity index (χ1) is 11.5. The molecule has 0 atom stereocenters. The van der Waals surface area contributed by atoms with Crippen molar-refractivity contribution in [2.75, 3.05) is 18.5 Å². The van der Waals surface area contributed by atoms with Gasteiger partial charge in [-0.2, -0.15) is 0 Å². The van der Waals surface area contributed by atoms with Crippen molar-refractivity contribution in [1.29, 1.82) is 0 Å². The minimum atomic E-state index is -0.771. The fourth-order valence-corrected chi connectivity index (χ4v) is 2.28. The predicted molar refractivity (Wildman–Crippen MR) is 89.4 cm³/mol. The smallest absolute Gasteiger partial charge is 0.319 e. The van der Waals surface area contributed by atoms with E-state index in [1.165, 1.54) is 6.07 Å². The van der Waals surface area contributed by atoms with Gasteiger partial charge < -0.3 is 15.4 Å². The van der Waals surface area contributed by atoms with Gasteiger partial charge >= 0.3 is 6.03 Å². The Morgan fingerprint density at radius 1 is 1.21 bits per heavy atom. The quantitative estimate of drug-likeness (QED) is 0.784. The molecule has 0 aliphatic heterocycles. The van der Waals surface area contributed by atoms with E-state index in [0.29, 0.717) is 0 Å². The third-order valence-corrected chi connectivity index (χ3v) is 3.52. The molecule has 0 saturated carbocycles. The van der Waals surface area contributed by atoms with E-state index < -0.39 is 11.6 Å². The van der Waals surface area contributed by atoms with E-state index in [9.17, 15) is 13.6 Å². The molecule has 2 aromatic rings. The monoisotopic (exact) mass is 334 g/mol. The maximum Gasteiger partial charge on any atom is 0.319 e. The van der Waals surface area contributed by atoms with E-state index in [0.717, 1.165) is 35.4 Å². The van der Waals surface area contributed by atoms with E-state index in [2.05, 4.69) is 10.6 Å². The van der Waals surface area contributed by atoms with Crippen molar-refractivity contribution in [3.63, 3.8) is 0 Å². The first kappa shape index (κ1) is 17.7. The second kappa shape index (κ2) is 8.29. The number of nitrogens with one attached hydrogen (secondary N) is 2. The second-order valence-corrected chi connectivity index (χ2v) is 5.27. The van der Waals surface area contributed by atoms with Crippen molar-refractivity contribution in [2.45, 2.75) is 20.3 Å². The Morgan fingerprint density at radius 2 is 2.00 bits per heavy atom. The summed E-state index contributed by atoms with van der Waals surface area (Å²) in [7, 11) is 0. The Morgan fingerprint density at radius 3 is 2.71 bits per heavy atom. The van der Waals surface area contributed by atoms with Crippen LogP contribution in [0, 0.1) is 18.6 Å². The van der Waals surface area contributed by atoms with Crippen LogP contribution in [0.3, 0.4) is 0 Å². The molecule has 2 amide bonds. The molecule has 4 nitrogen and oxygen atoms in total. The van der Waals surface area contributed by atoms with Gasteiger partial charge in [-0.1, -0.05) is 25.1 Å². The molecule has 0 radical (unpaired) electrons. The summed E-state index contributed by atoms with van der Waals surface area (Å²) in [6.45, 7) is 4.21. The molecule has 128 valence electrons. The standard InChI is InChI=1S/C18H20F2N2O2/c1-3-13-6-4-5-12(2)17(13)22-18(23)21-9-10-24-16-8-7-14(19)11-15(16)20/h4-8,11H,3,9-10H2,1-2H3,(H2,21,22,23). The number of carbonyl (C=O) groups excluding carboxylic acids is 1. The summed E-state index contributed by atoms with van der Waals surface area (Å²) in [6, 6.07) is 8.55. The SMILES string of the molecule is CCc1cccc(C)c1NC(=O)NCCOc1ccc(F)cc1F. The van der Waals surface area contributed by atoms with Gasteiger partial charge in [0.05, 0.1) is 6.54 Å². The van der Waals surface area contributed by atoms with Crippen LogP contribution in [0.1, 0.15) is 18.1 Å². The van der Waals surface area contributed by atoms with Gasteiger partial charge in [-0.05, 0) is 36.6 Å². The lowest BCUT2D eigenvalue weighted by Gasteiger charge is -2.14. The lowest BCUT2D eigenvalue weighted by Crippen LogP contribution is -2.32. The fraction of sp³-hybridized carbons (Fsp3) is 0.278. The molecule has 0 spiro atoms. The number of hydrogen-bond donors (Lipinski definition) is 2. The first-order valence-corrected chi connectivity index (χ1v) is 7.72. The lowest BCUT2D eigenvalue weighted by atomic mass is 10.1. The van der Waals surface area contributed by atoms with Gasteiger partial charge in [-0.25, -0.2) is 13.6 Å². The normalized spacial score (nSPS) is 10.3. The second-order valence-electron chi connectivity index (χ2n) is 5.27. The highest BCUT2D eigenvalue weighted by atomic mass is 19.1. The molecular weight excluding hydrogens is 314 g/mol. The third kappa shape index (κ3) is 4.68. The molecule has 0 unspecified atom stereocenters. The van der Waals surface area contributed by atoms with Crippen LogP contribution in [0.25, 0.3) is 0 Å². The molecule has 0 heterocycles. The van der Waals surface area contributed by atoms with Crippen LogP contribution < -0.4 is 15.4 Å². The summed E-state index contributed by atoms with van der Waals surface area (Å²) in [6.07, 6.45) is 0.810. The Labute approximate surface area is 139 Å². The largest absolute Gasteiger partial charge is 0.489 e. The van der Waals surface area contributed by atoms with Crippen molar-refractivity contribution in [3.05, 3.63) is 59.2 Å². The zero-order valence-corrected chi connectivity index (χ0v) is 13.7. The van der Waals surface area contributed by atoms with Crippen molar-refractivity contribution in [3.8, 4) is 5.75 Å². The van der Waals surface area contributed by atoms with Crippen molar-refractivity contribution in [1.82, 2.24) is 5.32 Å². The average molecular weight is 334 g/mol. The summed E-state index contributed by atoms with van der Waals surface area (Å²) >= 11 is 0. The molecular formula is C18H20F2N2O2. The maximum absolute atomic E-state index is 13.4. The van der Waals surface area contributed by atoms with Gasteiger partial charge in [0.15, 0.2) is 11.6 Å². The number of amides is 2. The Bertz CT molecular complexity index is 720. The van der Waals surface area contributed by atoms with Crippen LogP contribution in [-0.2, 0) is 6.42 Å². The van der Waals surface area contributed by atoms with Gasteiger partial charge in [-0.3, -0.25) is 0 Å². The number of ether oxygens (including phenoxy) is 1. The topological polar surface area (TPSA) is 50.4 Å². The molecule has 6 heteroatoms. The molecule has 0 fully saturated rings. The van der Waals surface area contributed by atoms with Gasteiger partial charge in [0.1, 0.15) is 12.4 Å². The van der Waals surface area contributed by atoms with E-state index in [-0.39, 0.29) is 24.9 Å². The summed E-state index contributed by atoms with van der Waals surface area (Å²) < 4.78 is 31.3. The van der Waals surface area contributed by atoms with Crippen LogP contribution in [0.15, 0.2) is 36.4 Å². The number of urea groups is 1. The summed E-state index contributed by atoms with van der Waals surface area (Å²) in [5.41, 5.74) is 2.83. The molecule has 0 saturated heterocycles. The van der Waals surface area contributed by atoms with Crippen LogP contribution in [0.4, 0.5) is 19.3 Å². The number of halogens is 2. The molecule has 2 rings (SSSR count). The molecule has 2 aromatic carbocycles. The third-order valence-electron chi connectivity index (χ3n) is 3.52. The molecule has 24 heavy (non-hydrogen) atoms. The Hall–Kier alpha value is -2.63. The van der Waals surface area contributed by atoms with Crippen LogP contribution >= 0.6 is 0 Å². The molecule has 0 aromatic heterocycles. The summed E-state index contributed by atoms with van der Waals surface area (Å²) in [5, 5.41) is 5.46. The molecule has 0 aliphatic carbocycles. The summed E-state index contributed by atoms with van der Waals surface area (Å²) in [5.74, 6) is -1.49. The fourth-order valence-electron chi connectivity index (χ4n) is 2.28.